The largest absolute Gasteiger partial charge is 0.494 e. The summed E-state index contributed by atoms with van der Waals surface area (Å²) in [6.07, 6.45) is 1.71. The van der Waals surface area contributed by atoms with Gasteiger partial charge in [-0.3, -0.25) is 9.29 Å². The minimum Gasteiger partial charge on any atom is -0.494 e. The molecule has 0 aliphatic heterocycles. The number of imidazole rings is 1. The van der Waals surface area contributed by atoms with E-state index in [-0.39, 0.29) is 10.6 Å². The van der Waals surface area contributed by atoms with E-state index in [4.69, 9.17) is 14.2 Å². The molecule has 2 heterocycles. The van der Waals surface area contributed by atoms with Crippen LogP contribution in [0.2, 0.25) is 0 Å². The van der Waals surface area contributed by atoms with E-state index < -0.39 is 10.0 Å². The number of benzene rings is 2. The van der Waals surface area contributed by atoms with Gasteiger partial charge in [0.2, 0.25) is 5.88 Å². The van der Waals surface area contributed by atoms with Gasteiger partial charge in [0.25, 0.3) is 10.0 Å². The lowest BCUT2D eigenvalue weighted by Crippen LogP contribution is -2.14. The Morgan fingerprint density at radius 3 is 2.24 bits per heavy atom. The zero-order chi connectivity index (χ0) is 26.6. The number of hydrogen-bond acceptors (Lipinski definition) is 8. The fourth-order valence-corrected chi connectivity index (χ4v) is 4.77. The van der Waals surface area contributed by atoms with E-state index in [1.165, 1.54) is 6.07 Å². The molecule has 0 atom stereocenters. The van der Waals surface area contributed by atoms with Crippen LogP contribution < -0.4 is 18.9 Å². The number of nitrogens with one attached hydrogen (secondary N) is 1. The SMILES string of the molecule is CCOc1ccc(S(=O)(=O)Nc2ccc(Oc3cc(-n4cnc(C)c4C)nc(C)n3)cc2)c(OCC)c1. The van der Waals surface area contributed by atoms with Crippen LogP contribution in [0.4, 0.5) is 5.69 Å². The van der Waals surface area contributed by atoms with E-state index in [2.05, 4.69) is 19.7 Å². The van der Waals surface area contributed by atoms with Crippen LogP contribution in [0.15, 0.2) is 59.8 Å². The molecule has 0 bridgehead atoms. The molecule has 4 rings (SSSR count). The summed E-state index contributed by atoms with van der Waals surface area (Å²) in [6, 6.07) is 12.9. The summed E-state index contributed by atoms with van der Waals surface area (Å²) in [7, 11) is -3.91. The third-order valence-corrected chi connectivity index (χ3v) is 6.86. The molecule has 0 aliphatic carbocycles. The summed E-state index contributed by atoms with van der Waals surface area (Å²) in [5, 5.41) is 0. The summed E-state index contributed by atoms with van der Waals surface area (Å²) in [5.74, 6) is 2.79. The van der Waals surface area contributed by atoms with Gasteiger partial charge >= 0.3 is 0 Å². The van der Waals surface area contributed by atoms with Crippen LogP contribution in [0.25, 0.3) is 5.82 Å². The molecule has 37 heavy (non-hydrogen) atoms. The monoisotopic (exact) mass is 523 g/mol. The Bertz CT molecular complexity index is 1500. The smallest absolute Gasteiger partial charge is 0.265 e. The lowest BCUT2D eigenvalue weighted by molar-refractivity contribution is 0.317. The average molecular weight is 524 g/mol. The molecule has 0 aliphatic rings. The highest BCUT2D eigenvalue weighted by atomic mass is 32.2. The molecule has 10 nitrogen and oxygen atoms in total. The van der Waals surface area contributed by atoms with Gasteiger partial charge in [-0.05, 0) is 71.0 Å². The Kier molecular flexibility index (Phi) is 7.63. The van der Waals surface area contributed by atoms with E-state index in [9.17, 15) is 8.42 Å². The normalized spacial score (nSPS) is 11.3. The zero-order valence-electron chi connectivity index (χ0n) is 21.3. The second kappa shape index (κ2) is 10.9. The molecular weight excluding hydrogens is 494 g/mol. The van der Waals surface area contributed by atoms with Gasteiger partial charge in [-0.25, -0.2) is 18.4 Å². The topological polar surface area (TPSA) is 117 Å². The van der Waals surface area contributed by atoms with Crippen LogP contribution >= 0.6 is 0 Å². The Hall–Kier alpha value is -4.12. The Balaban J connectivity index is 1.52. The third-order valence-electron chi connectivity index (χ3n) is 5.44. The number of nitrogens with zero attached hydrogens (tertiary/aromatic N) is 4. The fraction of sp³-hybridized carbons (Fsp3) is 0.269. The number of sulfonamides is 1. The van der Waals surface area contributed by atoms with Crippen LogP contribution in [-0.4, -0.2) is 41.2 Å². The fourth-order valence-electron chi connectivity index (χ4n) is 3.59. The molecule has 2 aromatic carbocycles. The van der Waals surface area contributed by atoms with Crippen LogP contribution in [0.3, 0.4) is 0 Å². The van der Waals surface area contributed by atoms with Crippen molar-refractivity contribution in [2.24, 2.45) is 0 Å². The highest BCUT2D eigenvalue weighted by Gasteiger charge is 2.21. The van der Waals surface area contributed by atoms with Crippen LogP contribution in [0, 0.1) is 20.8 Å². The molecule has 0 saturated heterocycles. The van der Waals surface area contributed by atoms with Crippen molar-refractivity contribution in [3.8, 4) is 28.9 Å². The number of aryl methyl sites for hydroxylation is 2. The lowest BCUT2D eigenvalue weighted by Gasteiger charge is -2.14. The molecule has 194 valence electrons. The van der Waals surface area contributed by atoms with Gasteiger partial charge in [-0.1, -0.05) is 0 Å². The molecule has 2 aromatic heterocycles. The molecule has 0 unspecified atom stereocenters. The van der Waals surface area contributed by atoms with Crippen LogP contribution in [0.5, 0.6) is 23.1 Å². The van der Waals surface area contributed by atoms with Crippen molar-refractivity contribution >= 4 is 15.7 Å². The van der Waals surface area contributed by atoms with Gasteiger partial charge in [0.1, 0.15) is 40.1 Å². The summed E-state index contributed by atoms with van der Waals surface area (Å²) in [5.41, 5.74) is 2.25. The molecule has 0 fully saturated rings. The number of rotatable bonds is 10. The highest BCUT2D eigenvalue weighted by Crippen LogP contribution is 2.31. The van der Waals surface area contributed by atoms with Crippen molar-refractivity contribution < 1.29 is 22.6 Å². The maximum Gasteiger partial charge on any atom is 0.265 e. The third kappa shape index (κ3) is 6.00. The molecule has 0 amide bonds. The van der Waals surface area contributed by atoms with E-state index in [1.807, 2.05) is 25.3 Å². The minimum atomic E-state index is -3.91. The van der Waals surface area contributed by atoms with Crippen molar-refractivity contribution in [1.82, 2.24) is 19.5 Å². The van der Waals surface area contributed by atoms with E-state index >= 15 is 0 Å². The average Bonchev–Trinajstić information content (AvgIpc) is 3.18. The number of aromatic nitrogens is 4. The van der Waals surface area contributed by atoms with Gasteiger partial charge in [0, 0.05) is 23.5 Å². The Labute approximate surface area is 216 Å². The predicted octanol–water partition coefficient (Wildman–Crippen LogP) is 4.98. The van der Waals surface area contributed by atoms with Gasteiger partial charge in [-0.2, -0.15) is 4.98 Å². The number of anilines is 1. The standard InChI is InChI=1S/C26H29N5O5S/c1-6-34-22-12-13-24(23(14-22)35-7-2)37(32,33)30-20-8-10-21(11-9-20)36-26-15-25(28-19(5)29-26)31-16-27-17(3)18(31)4/h8-16,30H,6-7H2,1-5H3. The lowest BCUT2D eigenvalue weighted by atomic mass is 10.3. The molecule has 1 N–H and O–H groups in total. The molecule has 4 aromatic rings. The maximum absolute atomic E-state index is 13.1. The van der Waals surface area contributed by atoms with Crippen molar-refractivity contribution in [3.05, 3.63) is 72.1 Å². The van der Waals surface area contributed by atoms with Gasteiger partial charge in [0.15, 0.2) is 0 Å². The first kappa shape index (κ1) is 26.0. The number of hydrogen-bond donors (Lipinski definition) is 1. The van der Waals surface area contributed by atoms with E-state index in [0.29, 0.717) is 47.9 Å². The quantitative estimate of drug-likeness (QED) is 0.309. The summed E-state index contributed by atoms with van der Waals surface area (Å²) < 4.78 is 47.6. The molecule has 0 spiro atoms. The Morgan fingerprint density at radius 1 is 0.892 bits per heavy atom. The first-order valence-electron chi connectivity index (χ1n) is 11.8. The first-order chi connectivity index (χ1) is 17.7. The maximum atomic E-state index is 13.1. The van der Waals surface area contributed by atoms with Crippen molar-refractivity contribution in [3.63, 3.8) is 0 Å². The van der Waals surface area contributed by atoms with Crippen LogP contribution in [-0.2, 0) is 10.0 Å². The molecular formula is C26H29N5O5S. The van der Waals surface area contributed by atoms with Gasteiger partial charge < -0.3 is 14.2 Å². The van der Waals surface area contributed by atoms with Crippen molar-refractivity contribution in [1.29, 1.82) is 0 Å². The summed E-state index contributed by atoms with van der Waals surface area (Å²) in [6.45, 7) is 10.1. The van der Waals surface area contributed by atoms with E-state index in [1.54, 1.807) is 62.6 Å². The molecule has 11 heteroatoms. The minimum absolute atomic E-state index is 0.0205. The van der Waals surface area contributed by atoms with Crippen LogP contribution in [0.1, 0.15) is 31.1 Å². The Morgan fingerprint density at radius 2 is 1.59 bits per heavy atom. The predicted molar refractivity (Wildman–Crippen MR) is 139 cm³/mol. The van der Waals surface area contributed by atoms with Crippen molar-refractivity contribution in [2.45, 2.75) is 39.5 Å². The summed E-state index contributed by atoms with van der Waals surface area (Å²) >= 11 is 0. The van der Waals surface area contributed by atoms with Gasteiger partial charge in [-0.15, -0.1) is 0 Å². The summed E-state index contributed by atoms with van der Waals surface area (Å²) in [4.78, 5) is 13.2. The van der Waals surface area contributed by atoms with Crippen molar-refractivity contribution in [2.75, 3.05) is 17.9 Å². The van der Waals surface area contributed by atoms with Gasteiger partial charge in [0.05, 0.1) is 18.9 Å². The highest BCUT2D eigenvalue weighted by molar-refractivity contribution is 7.92. The second-order valence-electron chi connectivity index (χ2n) is 8.10. The second-order valence-corrected chi connectivity index (χ2v) is 9.75. The molecule has 0 radical (unpaired) electrons. The number of ether oxygens (including phenoxy) is 3. The molecule has 0 saturated carbocycles. The zero-order valence-corrected chi connectivity index (χ0v) is 22.2. The first-order valence-corrected chi connectivity index (χ1v) is 13.3. The van der Waals surface area contributed by atoms with E-state index in [0.717, 1.165) is 11.4 Å².